The Morgan fingerprint density at radius 2 is 1.65 bits per heavy atom. The number of carbonyl (C=O) groups is 1. The van der Waals surface area contributed by atoms with Gasteiger partial charge in [0.1, 0.15) is 0 Å². The fourth-order valence-electron chi connectivity index (χ4n) is 3.19. The highest BCUT2D eigenvalue weighted by Crippen LogP contribution is 2.20. The second-order valence-electron chi connectivity index (χ2n) is 7.08. The lowest BCUT2D eigenvalue weighted by atomic mass is 10.2. The van der Waals surface area contributed by atoms with Gasteiger partial charge < -0.3 is 5.32 Å². The number of anilines is 1. The summed E-state index contributed by atoms with van der Waals surface area (Å²) in [7, 11) is -3.62. The second-order valence-corrected chi connectivity index (χ2v) is 8.90. The first-order valence-corrected chi connectivity index (χ1v) is 11.1. The van der Waals surface area contributed by atoms with E-state index in [1.165, 1.54) is 10.4 Å². The summed E-state index contributed by atoms with van der Waals surface area (Å²) in [5, 5.41) is 3.40. The zero-order valence-electron chi connectivity index (χ0n) is 16.8. The van der Waals surface area contributed by atoms with Crippen molar-refractivity contribution in [1.29, 1.82) is 0 Å². The average Bonchev–Trinajstić information content (AvgIpc) is 2.78. The van der Waals surface area contributed by atoms with Gasteiger partial charge in [-0.15, -0.1) is 0 Å². The topological polar surface area (TPSA) is 69.7 Å². The van der Waals surface area contributed by atoms with Gasteiger partial charge in [-0.05, 0) is 30.7 Å². The van der Waals surface area contributed by atoms with Crippen molar-refractivity contribution in [2.45, 2.75) is 13.0 Å². The van der Waals surface area contributed by atoms with Crippen LogP contribution in [0.3, 0.4) is 0 Å². The molecule has 1 atom stereocenters. The number of benzene rings is 2. The van der Waals surface area contributed by atoms with Crippen LogP contribution in [0.25, 0.3) is 6.08 Å². The standard InChI is InChI=1S/C21H22F3N3O3S/c1-15(21(28)25-18-8-7-17(22)19(23)20(18)24)26-10-12-27(13-11-26)31(29,30)14-9-16-5-3-2-4-6-16/h2-9,14-15H,10-13H2,1H3,(H,25,28)/b14-9+. The first kappa shape index (κ1) is 23.0. The molecule has 0 aliphatic carbocycles. The van der Waals surface area contributed by atoms with Crippen LogP contribution in [0.15, 0.2) is 47.9 Å². The third-order valence-electron chi connectivity index (χ3n) is 5.09. The lowest BCUT2D eigenvalue weighted by Gasteiger charge is -2.36. The average molecular weight is 453 g/mol. The van der Waals surface area contributed by atoms with E-state index in [2.05, 4.69) is 5.32 Å². The Labute approximate surface area is 179 Å². The number of halogens is 3. The van der Waals surface area contributed by atoms with Crippen LogP contribution in [0.1, 0.15) is 12.5 Å². The molecule has 0 aromatic heterocycles. The van der Waals surface area contributed by atoms with Crippen LogP contribution in [0, 0.1) is 17.5 Å². The third kappa shape index (κ3) is 5.52. The van der Waals surface area contributed by atoms with Crippen molar-refractivity contribution >= 4 is 27.7 Å². The monoisotopic (exact) mass is 453 g/mol. The van der Waals surface area contributed by atoms with E-state index < -0.39 is 45.1 Å². The molecule has 0 bridgehead atoms. The van der Waals surface area contributed by atoms with Gasteiger partial charge in [0.05, 0.1) is 11.7 Å². The number of amides is 1. The predicted octanol–water partition coefficient (Wildman–Crippen LogP) is 3.05. The van der Waals surface area contributed by atoms with E-state index in [9.17, 15) is 26.4 Å². The highest BCUT2D eigenvalue weighted by Gasteiger charge is 2.30. The minimum atomic E-state index is -3.62. The fraction of sp³-hybridized carbons (Fsp3) is 0.286. The molecule has 1 aliphatic heterocycles. The molecule has 2 aromatic carbocycles. The number of hydrogen-bond donors (Lipinski definition) is 1. The van der Waals surface area contributed by atoms with E-state index in [1.807, 2.05) is 18.2 Å². The number of piperazine rings is 1. The number of sulfonamides is 1. The molecule has 166 valence electrons. The maximum absolute atomic E-state index is 13.8. The summed E-state index contributed by atoms with van der Waals surface area (Å²) in [4.78, 5) is 14.2. The van der Waals surface area contributed by atoms with Crippen LogP contribution in [0.5, 0.6) is 0 Å². The molecule has 1 amide bonds. The summed E-state index contributed by atoms with van der Waals surface area (Å²) in [6.07, 6.45) is 1.52. The van der Waals surface area contributed by atoms with Gasteiger partial charge in [-0.1, -0.05) is 30.3 Å². The van der Waals surface area contributed by atoms with Gasteiger partial charge in [0.15, 0.2) is 17.5 Å². The van der Waals surface area contributed by atoms with Crippen molar-refractivity contribution in [2.24, 2.45) is 0 Å². The molecule has 0 saturated carbocycles. The van der Waals surface area contributed by atoms with Crippen molar-refractivity contribution in [3.05, 3.63) is 70.9 Å². The van der Waals surface area contributed by atoms with E-state index in [0.29, 0.717) is 0 Å². The largest absolute Gasteiger partial charge is 0.322 e. The van der Waals surface area contributed by atoms with E-state index in [0.717, 1.165) is 23.1 Å². The van der Waals surface area contributed by atoms with Gasteiger partial charge >= 0.3 is 0 Å². The molecule has 0 spiro atoms. The minimum Gasteiger partial charge on any atom is -0.322 e. The zero-order valence-corrected chi connectivity index (χ0v) is 17.6. The Hall–Kier alpha value is -2.69. The first-order chi connectivity index (χ1) is 14.7. The Bertz CT molecular complexity index is 1070. The van der Waals surface area contributed by atoms with Crippen LogP contribution in [-0.4, -0.2) is 55.8 Å². The molecule has 6 nitrogen and oxygen atoms in total. The predicted molar refractivity (Wildman–Crippen MR) is 112 cm³/mol. The van der Waals surface area contributed by atoms with Crippen LogP contribution in [0.4, 0.5) is 18.9 Å². The summed E-state index contributed by atoms with van der Waals surface area (Å²) in [5.74, 6) is -5.08. The van der Waals surface area contributed by atoms with Crippen molar-refractivity contribution < 1.29 is 26.4 Å². The Morgan fingerprint density at radius 1 is 1.00 bits per heavy atom. The van der Waals surface area contributed by atoms with Crippen molar-refractivity contribution in [2.75, 3.05) is 31.5 Å². The van der Waals surface area contributed by atoms with Gasteiger partial charge in [0.25, 0.3) is 0 Å². The normalized spacial score (nSPS) is 17.0. The van der Waals surface area contributed by atoms with Crippen molar-refractivity contribution in [1.82, 2.24) is 9.21 Å². The molecule has 0 radical (unpaired) electrons. The molecule has 1 N–H and O–H groups in total. The molecule has 3 rings (SSSR count). The summed E-state index contributed by atoms with van der Waals surface area (Å²) in [5.41, 5.74) is 0.308. The SMILES string of the molecule is CC(C(=O)Nc1ccc(F)c(F)c1F)N1CCN(S(=O)(=O)/C=C/c2ccccc2)CC1. The lowest BCUT2D eigenvalue weighted by Crippen LogP contribution is -2.53. The van der Waals surface area contributed by atoms with Gasteiger partial charge in [0.2, 0.25) is 15.9 Å². The van der Waals surface area contributed by atoms with E-state index in [1.54, 1.807) is 24.0 Å². The number of rotatable bonds is 6. The van der Waals surface area contributed by atoms with E-state index in [4.69, 9.17) is 0 Å². The smallest absolute Gasteiger partial charge is 0.241 e. The maximum Gasteiger partial charge on any atom is 0.241 e. The van der Waals surface area contributed by atoms with Gasteiger partial charge in [-0.2, -0.15) is 4.31 Å². The Kier molecular flexibility index (Phi) is 7.14. The summed E-state index contributed by atoms with van der Waals surface area (Å²) in [6, 6.07) is 9.99. The van der Waals surface area contributed by atoms with Crippen LogP contribution in [0.2, 0.25) is 0 Å². The molecule has 1 saturated heterocycles. The molecule has 1 aliphatic rings. The summed E-state index contributed by atoms with van der Waals surface area (Å²) >= 11 is 0. The van der Waals surface area contributed by atoms with Gasteiger partial charge in [0, 0.05) is 31.6 Å². The number of carbonyl (C=O) groups excluding carboxylic acids is 1. The molecule has 1 unspecified atom stereocenters. The van der Waals surface area contributed by atoms with Gasteiger partial charge in [-0.25, -0.2) is 21.6 Å². The lowest BCUT2D eigenvalue weighted by molar-refractivity contribution is -0.121. The molecular weight excluding hydrogens is 431 g/mol. The van der Waals surface area contributed by atoms with E-state index >= 15 is 0 Å². The molecule has 2 aromatic rings. The second kappa shape index (κ2) is 9.63. The van der Waals surface area contributed by atoms with Gasteiger partial charge in [-0.3, -0.25) is 9.69 Å². The quantitative estimate of drug-likeness (QED) is 0.683. The van der Waals surface area contributed by atoms with Crippen LogP contribution >= 0.6 is 0 Å². The summed E-state index contributed by atoms with van der Waals surface area (Å²) in [6.45, 7) is 2.50. The van der Waals surface area contributed by atoms with Crippen LogP contribution < -0.4 is 5.32 Å². The van der Waals surface area contributed by atoms with Crippen molar-refractivity contribution in [3.8, 4) is 0 Å². The third-order valence-corrected chi connectivity index (χ3v) is 6.65. The number of nitrogens with zero attached hydrogens (tertiary/aromatic N) is 2. The molecular formula is C21H22F3N3O3S. The number of nitrogens with one attached hydrogen (secondary N) is 1. The zero-order chi connectivity index (χ0) is 22.6. The molecule has 31 heavy (non-hydrogen) atoms. The molecule has 1 fully saturated rings. The Morgan fingerprint density at radius 3 is 2.29 bits per heavy atom. The maximum atomic E-state index is 13.8. The highest BCUT2D eigenvalue weighted by atomic mass is 32.2. The Balaban J connectivity index is 1.58. The first-order valence-electron chi connectivity index (χ1n) is 9.61. The minimum absolute atomic E-state index is 0.179. The summed E-state index contributed by atoms with van der Waals surface area (Å²) < 4.78 is 66.6. The van der Waals surface area contributed by atoms with E-state index in [-0.39, 0.29) is 26.2 Å². The van der Waals surface area contributed by atoms with Crippen LogP contribution in [-0.2, 0) is 14.8 Å². The fourth-order valence-corrected chi connectivity index (χ4v) is 4.36. The molecule has 1 heterocycles. The highest BCUT2D eigenvalue weighted by molar-refractivity contribution is 7.92. The number of hydrogen-bond acceptors (Lipinski definition) is 4. The van der Waals surface area contributed by atoms with Crippen molar-refractivity contribution in [3.63, 3.8) is 0 Å². The molecule has 10 heteroatoms.